The average Bonchev–Trinajstić information content (AvgIpc) is 2.39. The summed E-state index contributed by atoms with van der Waals surface area (Å²) in [6, 6.07) is 7.00. The van der Waals surface area contributed by atoms with Gasteiger partial charge in [-0.05, 0) is 51.9 Å². The van der Waals surface area contributed by atoms with E-state index in [1.165, 1.54) is 6.07 Å². The van der Waals surface area contributed by atoms with E-state index < -0.39 is 0 Å². The van der Waals surface area contributed by atoms with E-state index in [-0.39, 0.29) is 18.0 Å². The fourth-order valence-corrected chi connectivity index (χ4v) is 2.94. The van der Waals surface area contributed by atoms with Crippen LogP contribution in [0.25, 0.3) is 0 Å². The molecule has 2 rings (SSSR count). The van der Waals surface area contributed by atoms with E-state index in [2.05, 4.69) is 17.3 Å². The number of halogens is 1. The van der Waals surface area contributed by atoms with Crippen molar-refractivity contribution in [3.8, 4) is 0 Å². The predicted molar refractivity (Wildman–Crippen MR) is 79.0 cm³/mol. The molecule has 0 spiro atoms. The first kappa shape index (κ1) is 15.4. The van der Waals surface area contributed by atoms with Crippen LogP contribution in [0.1, 0.15) is 30.9 Å². The first-order valence-corrected chi connectivity index (χ1v) is 7.38. The Kier molecular flexibility index (Phi) is 5.52. The maximum Gasteiger partial charge on any atom is 0.127 e. The van der Waals surface area contributed by atoms with Crippen molar-refractivity contribution in [1.29, 1.82) is 0 Å². The minimum Gasteiger partial charge on any atom is -0.393 e. The van der Waals surface area contributed by atoms with Crippen molar-refractivity contribution in [2.24, 2.45) is 5.92 Å². The fraction of sp³-hybridized carbons (Fsp3) is 0.625. The molecule has 0 heterocycles. The molecule has 4 heteroatoms. The molecule has 0 saturated heterocycles. The molecule has 0 amide bonds. The van der Waals surface area contributed by atoms with Gasteiger partial charge >= 0.3 is 0 Å². The Morgan fingerprint density at radius 2 is 2.10 bits per heavy atom. The largest absolute Gasteiger partial charge is 0.393 e. The van der Waals surface area contributed by atoms with Gasteiger partial charge in [0.2, 0.25) is 0 Å². The molecular weight excluding hydrogens is 255 g/mol. The zero-order chi connectivity index (χ0) is 14.5. The van der Waals surface area contributed by atoms with Crippen molar-refractivity contribution >= 4 is 0 Å². The van der Waals surface area contributed by atoms with Crippen LogP contribution in [0.3, 0.4) is 0 Å². The summed E-state index contributed by atoms with van der Waals surface area (Å²) in [6.07, 6.45) is 2.64. The molecule has 0 aromatic heterocycles. The van der Waals surface area contributed by atoms with Crippen LogP contribution in [0.4, 0.5) is 4.39 Å². The number of rotatable bonds is 7. The lowest BCUT2D eigenvalue weighted by molar-refractivity contribution is 0.0279. The van der Waals surface area contributed by atoms with Gasteiger partial charge < -0.3 is 15.3 Å². The normalized spacial score (nSPS) is 23.6. The highest BCUT2D eigenvalue weighted by atomic mass is 19.1. The van der Waals surface area contributed by atoms with Gasteiger partial charge in [0, 0.05) is 18.2 Å². The van der Waals surface area contributed by atoms with Crippen LogP contribution in [0.5, 0.6) is 0 Å². The van der Waals surface area contributed by atoms with Crippen LogP contribution in [-0.4, -0.2) is 43.3 Å². The average molecular weight is 280 g/mol. The van der Waals surface area contributed by atoms with Gasteiger partial charge in [0.05, 0.1) is 6.10 Å². The monoisotopic (exact) mass is 280 g/mol. The Bertz CT molecular complexity index is 421. The van der Waals surface area contributed by atoms with Crippen molar-refractivity contribution in [2.75, 3.05) is 27.2 Å². The van der Waals surface area contributed by atoms with Crippen molar-refractivity contribution in [2.45, 2.75) is 31.4 Å². The highest BCUT2D eigenvalue weighted by Gasteiger charge is 2.27. The van der Waals surface area contributed by atoms with Gasteiger partial charge in [0.15, 0.2) is 0 Å². The number of aliphatic hydroxyl groups excluding tert-OH is 1. The Labute approximate surface area is 120 Å². The Hall–Kier alpha value is -0.970. The van der Waals surface area contributed by atoms with E-state index in [9.17, 15) is 9.50 Å². The second kappa shape index (κ2) is 7.16. The van der Waals surface area contributed by atoms with Crippen LogP contribution in [-0.2, 0) is 0 Å². The van der Waals surface area contributed by atoms with Gasteiger partial charge in [0.1, 0.15) is 5.82 Å². The molecular formula is C16H25FN2O. The van der Waals surface area contributed by atoms with E-state index >= 15 is 0 Å². The third-order valence-electron chi connectivity index (χ3n) is 4.21. The van der Waals surface area contributed by atoms with Crippen molar-refractivity contribution in [3.05, 3.63) is 35.6 Å². The third-order valence-corrected chi connectivity index (χ3v) is 4.21. The lowest BCUT2D eigenvalue weighted by atomic mass is 9.82. The summed E-state index contributed by atoms with van der Waals surface area (Å²) in [6.45, 7) is 1.94. The minimum atomic E-state index is -0.142. The molecule has 0 bridgehead atoms. The summed E-state index contributed by atoms with van der Waals surface area (Å²) in [7, 11) is 3.97. The minimum absolute atomic E-state index is 0.0469. The van der Waals surface area contributed by atoms with Crippen LogP contribution < -0.4 is 5.32 Å². The molecule has 1 aromatic rings. The molecule has 1 saturated carbocycles. The third kappa shape index (κ3) is 4.01. The summed E-state index contributed by atoms with van der Waals surface area (Å²) < 4.78 is 13.8. The SMILES string of the molecule is CNC(CCN(C)CC1CC(O)C1)c1ccccc1F. The molecule has 1 aliphatic rings. The zero-order valence-electron chi connectivity index (χ0n) is 12.3. The molecule has 0 aliphatic heterocycles. The molecule has 1 aromatic carbocycles. The predicted octanol–water partition coefficient (Wildman–Crippen LogP) is 2.18. The molecule has 112 valence electrons. The number of hydrogen-bond donors (Lipinski definition) is 2. The summed E-state index contributed by atoms with van der Waals surface area (Å²) in [5.74, 6) is 0.480. The molecule has 1 aliphatic carbocycles. The molecule has 1 fully saturated rings. The van der Waals surface area contributed by atoms with Crippen molar-refractivity contribution in [3.63, 3.8) is 0 Å². The highest BCUT2D eigenvalue weighted by molar-refractivity contribution is 5.21. The first-order valence-electron chi connectivity index (χ1n) is 7.38. The molecule has 20 heavy (non-hydrogen) atoms. The molecule has 2 N–H and O–H groups in total. The molecule has 3 nitrogen and oxygen atoms in total. The van der Waals surface area contributed by atoms with Crippen LogP contribution in [0, 0.1) is 11.7 Å². The number of hydrogen-bond acceptors (Lipinski definition) is 3. The Balaban J connectivity index is 1.80. The van der Waals surface area contributed by atoms with Crippen LogP contribution in [0.15, 0.2) is 24.3 Å². The standard InChI is InChI=1S/C16H25FN2O/c1-18-16(14-5-3-4-6-15(14)17)7-8-19(2)11-12-9-13(20)10-12/h3-6,12-13,16,18,20H,7-11H2,1-2H3. The van der Waals surface area contributed by atoms with E-state index in [4.69, 9.17) is 0 Å². The molecule has 0 radical (unpaired) electrons. The Morgan fingerprint density at radius 1 is 1.40 bits per heavy atom. The lowest BCUT2D eigenvalue weighted by Gasteiger charge is -2.34. The lowest BCUT2D eigenvalue weighted by Crippen LogP contribution is -2.38. The second-order valence-corrected chi connectivity index (χ2v) is 5.90. The van der Waals surface area contributed by atoms with Gasteiger partial charge in [-0.1, -0.05) is 18.2 Å². The van der Waals surface area contributed by atoms with Gasteiger partial charge in [-0.15, -0.1) is 0 Å². The summed E-state index contributed by atoms with van der Waals surface area (Å²) >= 11 is 0. The maximum absolute atomic E-state index is 13.8. The maximum atomic E-state index is 13.8. The zero-order valence-corrected chi connectivity index (χ0v) is 12.3. The van der Waals surface area contributed by atoms with Crippen molar-refractivity contribution in [1.82, 2.24) is 10.2 Å². The van der Waals surface area contributed by atoms with E-state index in [0.29, 0.717) is 5.92 Å². The van der Waals surface area contributed by atoms with Gasteiger partial charge in [0.25, 0.3) is 0 Å². The summed E-state index contributed by atoms with van der Waals surface area (Å²) in [5, 5.41) is 12.5. The number of aliphatic hydroxyl groups is 1. The summed E-state index contributed by atoms with van der Waals surface area (Å²) in [4.78, 5) is 2.28. The summed E-state index contributed by atoms with van der Waals surface area (Å²) in [5.41, 5.74) is 0.738. The molecule has 1 unspecified atom stereocenters. The van der Waals surface area contributed by atoms with E-state index in [1.54, 1.807) is 6.07 Å². The van der Waals surface area contributed by atoms with Crippen molar-refractivity contribution < 1.29 is 9.50 Å². The van der Waals surface area contributed by atoms with Crippen LogP contribution >= 0.6 is 0 Å². The molecule has 1 atom stereocenters. The first-order chi connectivity index (χ1) is 9.60. The highest BCUT2D eigenvalue weighted by Crippen LogP contribution is 2.28. The topological polar surface area (TPSA) is 35.5 Å². The van der Waals surface area contributed by atoms with Gasteiger partial charge in [-0.3, -0.25) is 0 Å². The number of benzene rings is 1. The number of nitrogens with zero attached hydrogens (tertiary/aromatic N) is 1. The fourth-order valence-electron chi connectivity index (χ4n) is 2.94. The van der Waals surface area contributed by atoms with E-state index in [0.717, 1.165) is 37.9 Å². The second-order valence-electron chi connectivity index (χ2n) is 5.90. The van der Waals surface area contributed by atoms with Gasteiger partial charge in [-0.2, -0.15) is 0 Å². The van der Waals surface area contributed by atoms with Gasteiger partial charge in [-0.25, -0.2) is 4.39 Å². The smallest absolute Gasteiger partial charge is 0.127 e. The van der Waals surface area contributed by atoms with E-state index in [1.807, 2.05) is 19.2 Å². The quantitative estimate of drug-likeness (QED) is 0.803. The Morgan fingerprint density at radius 3 is 2.70 bits per heavy atom. The number of nitrogens with one attached hydrogen (secondary N) is 1. The van der Waals surface area contributed by atoms with Crippen LogP contribution in [0.2, 0.25) is 0 Å².